The molecule has 2 fully saturated rings. The van der Waals surface area contributed by atoms with Gasteiger partial charge >= 0.3 is 6.18 Å². The van der Waals surface area contributed by atoms with Crippen LogP contribution in [0.4, 0.5) is 13.2 Å². The van der Waals surface area contributed by atoms with Crippen molar-refractivity contribution in [2.24, 2.45) is 11.7 Å². The molecule has 1 aromatic rings. The molecule has 0 bridgehead atoms. The highest BCUT2D eigenvalue weighted by Crippen LogP contribution is 2.45. The average molecular weight is 421 g/mol. The molecule has 1 saturated carbocycles. The van der Waals surface area contributed by atoms with Gasteiger partial charge in [0.05, 0.1) is 38.5 Å². The second kappa shape index (κ2) is 8.59. The van der Waals surface area contributed by atoms with Gasteiger partial charge in [-0.3, -0.25) is 10.5 Å². The molecule has 1 saturated heterocycles. The summed E-state index contributed by atoms with van der Waals surface area (Å²) in [5.41, 5.74) is 6.51. The Labute approximate surface area is 170 Å². The summed E-state index contributed by atoms with van der Waals surface area (Å²) in [5, 5.41) is 2.99. The van der Waals surface area contributed by atoms with Crippen molar-refractivity contribution in [2.75, 3.05) is 20.1 Å². The molecule has 4 nitrogen and oxygen atoms in total. The minimum absolute atomic E-state index is 0. The maximum atomic E-state index is 13.4. The first kappa shape index (κ1) is 23.0. The molecule has 3 atom stereocenters. The number of amides is 1. The summed E-state index contributed by atoms with van der Waals surface area (Å²) in [7, 11) is 1.95. The lowest BCUT2D eigenvalue weighted by atomic mass is 9.75. The van der Waals surface area contributed by atoms with Crippen molar-refractivity contribution in [3.63, 3.8) is 0 Å². The molecule has 8 heteroatoms. The van der Waals surface area contributed by atoms with Crippen molar-refractivity contribution in [1.29, 1.82) is 0 Å². The molecule has 1 aliphatic heterocycles. The number of carbonyl (C=O) groups is 1. The first-order valence-corrected chi connectivity index (χ1v) is 9.68. The highest BCUT2D eigenvalue weighted by atomic mass is 35.5. The number of alkyl halides is 3. The summed E-state index contributed by atoms with van der Waals surface area (Å²) >= 11 is 0. The second-order valence-electron chi connectivity index (χ2n) is 8.34. The van der Waals surface area contributed by atoms with Gasteiger partial charge in [-0.15, -0.1) is 12.4 Å². The Bertz CT molecular complexity index is 664. The van der Waals surface area contributed by atoms with Gasteiger partial charge in [0.15, 0.2) is 5.66 Å². The number of hydrogen-bond donors (Lipinski definition) is 2. The molecule has 0 aromatic heterocycles. The smallest absolute Gasteiger partial charge is 0.345 e. The van der Waals surface area contributed by atoms with E-state index in [9.17, 15) is 18.0 Å². The van der Waals surface area contributed by atoms with E-state index in [2.05, 4.69) is 5.32 Å². The van der Waals surface area contributed by atoms with Gasteiger partial charge in [-0.05, 0) is 18.4 Å². The Balaban J connectivity index is 0.00000280. The molecule has 1 aliphatic carbocycles. The van der Waals surface area contributed by atoms with Crippen LogP contribution in [0.1, 0.15) is 37.7 Å². The van der Waals surface area contributed by atoms with Crippen molar-refractivity contribution in [3.05, 3.63) is 35.9 Å². The molecule has 3 rings (SSSR count). The van der Waals surface area contributed by atoms with Crippen LogP contribution < -0.4 is 11.1 Å². The number of rotatable bonds is 4. The molecular formula is C20H30ClF3N3O+. The predicted molar refractivity (Wildman–Crippen MR) is 105 cm³/mol. The van der Waals surface area contributed by atoms with E-state index in [4.69, 9.17) is 5.73 Å². The summed E-state index contributed by atoms with van der Waals surface area (Å²) in [6, 6.07) is 8.88. The number of hydrogen-bond acceptors (Lipinski definition) is 2. The lowest BCUT2D eigenvalue weighted by Gasteiger charge is -2.54. The molecular weight excluding hydrogens is 391 g/mol. The van der Waals surface area contributed by atoms with E-state index < -0.39 is 23.8 Å². The minimum atomic E-state index is -4.25. The molecule has 3 N–H and O–H groups in total. The number of likely N-dealkylation sites (tertiary alicyclic amines) is 1. The fraction of sp³-hybridized carbons (Fsp3) is 0.650. The Morgan fingerprint density at radius 2 is 1.82 bits per heavy atom. The van der Waals surface area contributed by atoms with Crippen molar-refractivity contribution in [1.82, 2.24) is 5.32 Å². The lowest BCUT2D eigenvalue weighted by Crippen LogP contribution is -2.77. The topological polar surface area (TPSA) is 55.1 Å². The minimum Gasteiger partial charge on any atom is -0.345 e. The number of carbonyl (C=O) groups excluding carboxylic acids is 1. The molecule has 1 heterocycles. The number of benzene rings is 1. The van der Waals surface area contributed by atoms with Crippen LogP contribution in [0.5, 0.6) is 0 Å². The van der Waals surface area contributed by atoms with Crippen LogP contribution in [0.15, 0.2) is 30.3 Å². The molecule has 158 valence electrons. The van der Waals surface area contributed by atoms with Crippen molar-refractivity contribution >= 4 is 18.3 Å². The average Bonchev–Trinajstić information content (AvgIpc) is 3.05. The Hall–Kier alpha value is -1.31. The zero-order chi connectivity index (χ0) is 19.7. The largest absolute Gasteiger partial charge is 0.392 e. The van der Waals surface area contributed by atoms with Gasteiger partial charge in [0, 0.05) is 19.3 Å². The summed E-state index contributed by atoms with van der Waals surface area (Å²) in [4.78, 5) is 12.6. The van der Waals surface area contributed by atoms with Crippen LogP contribution in [-0.4, -0.2) is 48.4 Å². The van der Waals surface area contributed by atoms with Gasteiger partial charge in [0.25, 0.3) is 0 Å². The number of halogens is 4. The number of likely N-dealkylation sites (N-methyl/N-ethyl adjacent to an activating group) is 1. The van der Waals surface area contributed by atoms with E-state index in [1.165, 1.54) is 0 Å². The van der Waals surface area contributed by atoms with Gasteiger partial charge < -0.3 is 9.80 Å². The first-order chi connectivity index (χ1) is 12.6. The predicted octanol–water partition coefficient (Wildman–Crippen LogP) is 3.39. The normalized spacial score (nSPS) is 29.8. The summed E-state index contributed by atoms with van der Waals surface area (Å²) < 4.78 is 40.7. The third-order valence-corrected chi connectivity index (χ3v) is 6.54. The van der Waals surface area contributed by atoms with E-state index in [-0.39, 0.29) is 44.0 Å². The van der Waals surface area contributed by atoms with Crippen LogP contribution in [0, 0.1) is 5.92 Å². The van der Waals surface area contributed by atoms with Crippen LogP contribution in [0.3, 0.4) is 0 Å². The molecule has 28 heavy (non-hydrogen) atoms. The molecule has 1 amide bonds. The highest BCUT2D eigenvalue weighted by Gasteiger charge is 2.59. The van der Waals surface area contributed by atoms with Crippen LogP contribution >= 0.6 is 12.4 Å². The molecule has 0 spiro atoms. The van der Waals surface area contributed by atoms with Crippen molar-refractivity contribution in [2.45, 2.75) is 56.4 Å². The molecule has 0 radical (unpaired) electrons. The molecule has 1 aromatic carbocycles. The van der Waals surface area contributed by atoms with Gasteiger partial charge in [0.2, 0.25) is 5.91 Å². The number of nitrogens with zero attached hydrogens (tertiary/aromatic N) is 1. The fourth-order valence-corrected chi connectivity index (χ4v) is 4.81. The highest BCUT2D eigenvalue weighted by molar-refractivity contribution is 5.85. The fourth-order valence-electron chi connectivity index (χ4n) is 4.81. The molecule has 2 aliphatic rings. The number of nitrogens with two attached hydrogens (primary N) is 1. The third-order valence-electron chi connectivity index (χ3n) is 6.54. The second-order valence-corrected chi connectivity index (χ2v) is 8.34. The summed E-state index contributed by atoms with van der Waals surface area (Å²) in [5.74, 6) is -1.59. The monoisotopic (exact) mass is 420 g/mol. The lowest BCUT2D eigenvalue weighted by molar-refractivity contribution is -0.952. The van der Waals surface area contributed by atoms with Gasteiger partial charge in [-0.1, -0.05) is 30.3 Å². The Kier molecular flexibility index (Phi) is 7.05. The van der Waals surface area contributed by atoms with Gasteiger partial charge in [0.1, 0.15) is 0 Å². The molecule has 1 unspecified atom stereocenters. The van der Waals surface area contributed by atoms with Crippen LogP contribution in [0.2, 0.25) is 0 Å². The SMILES string of the molecule is C[N+]1([C@]2(N)C[C@@H](C(F)(F)F)CCC2NC(=O)Cc2ccccc2)CCCC1.Cl. The van der Waals surface area contributed by atoms with E-state index >= 15 is 0 Å². The third kappa shape index (κ3) is 4.63. The quantitative estimate of drug-likeness (QED) is 0.733. The van der Waals surface area contributed by atoms with Crippen LogP contribution in [0.25, 0.3) is 0 Å². The van der Waals surface area contributed by atoms with E-state index in [1.807, 2.05) is 37.4 Å². The maximum absolute atomic E-state index is 13.4. The van der Waals surface area contributed by atoms with Gasteiger partial charge in [-0.25, -0.2) is 0 Å². The Morgan fingerprint density at radius 1 is 1.21 bits per heavy atom. The van der Waals surface area contributed by atoms with Crippen LogP contribution in [-0.2, 0) is 11.2 Å². The van der Waals surface area contributed by atoms with Crippen molar-refractivity contribution < 1.29 is 22.4 Å². The standard InChI is InChI=1S/C20H28F3N3O.ClH/c1-26(11-5-6-12-26)19(24)14-16(20(21,22)23)9-10-17(19)25-18(27)13-15-7-3-2-4-8-15;/h2-4,7-8,16-17H,5-6,9-14,24H2,1H3;1H/p+1/t16-,17?,19+;/m0./s1. The number of quaternary nitrogens is 1. The van der Waals surface area contributed by atoms with Gasteiger partial charge in [-0.2, -0.15) is 13.2 Å². The zero-order valence-electron chi connectivity index (χ0n) is 16.2. The number of nitrogens with one attached hydrogen (secondary N) is 1. The van der Waals surface area contributed by atoms with E-state index in [0.29, 0.717) is 4.48 Å². The van der Waals surface area contributed by atoms with Crippen molar-refractivity contribution in [3.8, 4) is 0 Å². The summed E-state index contributed by atoms with van der Waals surface area (Å²) in [6.07, 6.45) is -1.99. The Morgan fingerprint density at radius 3 is 2.39 bits per heavy atom. The van der Waals surface area contributed by atoms with E-state index in [0.717, 1.165) is 31.5 Å². The van der Waals surface area contributed by atoms with E-state index in [1.54, 1.807) is 0 Å². The maximum Gasteiger partial charge on any atom is 0.392 e. The first-order valence-electron chi connectivity index (χ1n) is 9.68. The zero-order valence-corrected chi connectivity index (χ0v) is 17.0. The summed E-state index contributed by atoms with van der Waals surface area (Å²) in [6.45, 7) is 1.51.